The molecule has 0 spiro atoms. The zero-order chi connectivity index (χ0) is 10.7. The molecule has 0 aliphatic carbocycles. The molecule has 2 rings (SSSR count). The molecule has 0 amide bonds. The zero-order valence-corrected chi connectivity index (χ0v) is 8.78. The number of carboxylic acids is 1. The molecule has 0 aromatic heterocycles. The van der Waals surface area contributed by atoms with Gasteiger partial charge in [-0.3, -0.25) is 9.69 Å². The standard InChI is InChI=1S/C10H17NO4/c12-9(13)7-10(1-4-15-8-10)11-2-5-14-6-3-11/h1-8H2,(H,12,13). The number of morpholine rings is 1. The van der Waals surface area contributed by atoms with Crippen molar-refractivity contribution < 1.29 is 19.4 Å². The van der Waals surface area contributed by atoms with Gasteiger partial charge in [-0.05, 0) is 6.42 Å². The van der Waals surface area contributed by atoms with Crippen LogP contribution in [0.15, 0.2) is 0 Å². The average Bonchev–Trinajstić information content (AvgIpc) is 2.68. The van der Waals surface area contributed by atoms with Crippen molar-refractivity contribution >= 4 is 5.97 Å². The first-order valence-electron chi connectivity index (χ1n) is 5.35. The molecule has 2 fully saturated rings. The van der Waals surface area contributed by atoms with E-state index in [0.29, 0.717) is 26.4 Å². The van der Waals surface area contributed by atoms with E-state index < -0.39 is 5.97 Å². The number of ether oxygens (including phenoxy) is 2. The number of carbonyl (C=O) groups is 1. The van der Waals surface area contributed by atoms with Gasteiger partial charge in [0.05, 0.1) is 31.8 Å². The minimum absolute atomic E-state index is 0.174. The van der Waals surface area contributed by atoms with Crippen LogP contribution in [0.3, 0.4) is 0 Å². The first-order chi connectivity index (χ1) is 7.23. The molecular weight excluding hydrogens is 198 g/mol. The summed E-state index contributed by atoms with van der Waals surface area (Å²) < 4.78 is 10.6. The minimum atomic E-state index is -0.744. The Bertz CT molecular complexity index is 232. The highest BCUT2D eigenvalue weighted by Crippen LogP contribution is 2.30. The fourth-order valence-electron chi connectivity index (χ4n) is 2.42. The SMILES string of the molecule is O=C(O)CC1(N2CCOCC2)CCOC1. The van der Waals surface area contributed by atoms with Gasteiger partial charge >= 0.3 is 5.97 Å². The largest absolute Gasteiger partial charge is 0.481 e. The first kappa shape index (κ1) is 10.9. The normalized spacial score (nSPS) is 33.1. The summed E-state index contributed by atoms with van der Waals surface area (Å²) in [6.07, 6.45) is 0.992. The summed E-state index contributed by atoms with van der Waals surface area (Å²) in [7, 11) is 0. The summed E-state index contributed by atoms with van der Waals surface area (Å²) in [5.41, 5.74) is -0.282. The predicted octanol–water partition coefficient (Wildman–Crippen LogP) is -0.0476. The summed E-state index contributed by atoms with van der Waals surface area (Å²) >= 11 is 0. The molecule has 2 saturated heterocycles. The van der Waals surface area contributed by atoms with Gasteiger partial charge < -0.3 is 14.6 Å². The van der Waals surface area contributed by atoms with Gasteiger partial charge in [0.15, 0.2) is 0 Å². The maximum atomic E-state index is 10.9. The number of nitrogens with zero attached hydrogens (tertiary/aromatic N) is 1. The molecule has 0 radical (unpaired) electrons. The van der Waals surface area contributed by atoms with Crippen LogP contribution in [-0.2, 0) is 14.3 Å². The van der Waals surface area contributed by atoms with Crippen LogP contribution in [0.5, 0.6) is 0 Å². The predicted molar refractivity (Wildman–Crippen MR) is 52.8 cm³/mol. The highest BCUT2D eigenvalue weighted by molar-refractivity contribution is 5.68. The van der Waals surface area contributed by atoms with Gasteiger partial charge in [0, 0.05) is 19.7 Å². The molecule has 5 nitrogen and oxygen atoms in total. The van der Waals surface area contributed by atoms with Crippen molar-refractivity contribution in [1.82, 2.24) is 4.90 Å². The summed E-state index contributed by atoms with van der Waals surface area (Å²) in [4.78, 5) is 13.1. The summed E-state index contributed by atoms with van der Waals surface area (Å²) in [5, 5.41) is 8.96. The third kappa shape index (κ3) is 2.30. The lowest BCUT2D eigenvalue weighted by Crippen LogP contribution is -2.55. The van der Waals surface area contributed by atoms with Crippen LogP contribution in [0.4, 0.5) is 0 Å². The highest BCUT2D eigenvalue weighted by Gasteiger charge is 2.42. The third-order valence-electron chi connectivity index (χ3n) is 3.24. The number of hydrogen-bond acceptors (Lipinski definition) is 4. The van der Waals surface area contributed by atoms with E-state index in [-0.39, 0.29) is 12.0 Å². The molecule has 0 saturated carbocycles. The van der Waals surface area contributed by atoms with Crippen molar-refractivity contribution in [3.05, 3.63) is 0 Å². The molecular formula is C10H17NO4. The minimum Gasteiger partial charge on any atom is -0.481 e. The molecule has 2 aliphatic rings. The van der Waals surface area contributed by atoms with Crippen LogP contribution < -0.4 is 0 Å². The molecule has 2 aliphatic heterocycles. The summed E-state index contributed by atoms with van der Waals surface area (Å²) in [6.45, 7) is 4.24. The topological polar surface area (TPSA) is 59.0 Å². The van der Waals surface area contributed by atoms with Crippen LogP contribution in [0.25, 0.3) is 0 Å². The molecule has 1 unspecified atom stereocenters. The summed E-state index contributed by atoms with van der Waals surface area (Å²) in [5.74, 6) is -0.744. The van der Waals surface area contributed by atoms with E-state index in [1.54, 1.807) is 0 Å². The highest BCUT2D eigenvalue weighted by atomic mass is 16.5. The van der Waals surface area contributed by atoms with E-state index >= 15 is 0 Å². The quantitative estimate of drug-likeness (QED) is 0.715. The molecule has 0 aromatic rings. The van der Waals surface area contributed by atoms with Gasteiger partial charge in [0.2, 0.25) is 0 Å². The van der Waals surface area contributed by atoms with Gasteiger partial charge in [0.1, 0.15) is 0 Å². The third-order valence-corrected chi connectivity index (χ3v) is 3.24. The Balaban J connectivity index is 2.06. The Hall–Kier alpha value is -0.650. The molecule has 86 valence electrons. The Labute approximate surface area is 89.0 Å². The van der Waals surface area contributed by atoms with Gasteiger partial charge in [-0.15, -0.1) is 0 Å². The van der Waals surface area contributed by atoms with E-state index in [4.69, 9.17) is 14.6 Å². The van der Waals surface area contributed by atoms with Crippen LogP contribution in [-0.4, -0.2) is 61.0 Å². The van der Waals surface area contributed by atoms with Crippen molar-refractivity contribution in [2.45, 2.75) is 18.4 Å². The Morgan fingerprint density at radius 1 is 1.27 bits per heavy atom. The van der Waals surface area contributed by atoms with Crippen LogP contribution in [0.1, 0.15) is 12.8 Å². The van der Waals surface area contributed by atoms with Gasteiger partial charge in [0.25, 0.3) is 0 Å². The van der Waals surface area contributed by atoms with Crippen molar-refractivity contribution in [1.29, 1.82) is 0 Å². The molecule has 1 atom stereocenters. The fraction of sp³-hybridized carbons (Fsp3) is 0.900. The van der Waals surface area contributed by atoms with E-state index in [9.17, 15) is 4.79 Å². The molecule has 0 bridgehead atoms. The second-order valence-electron chi connectivity index (χ2n) is 4.20. The maximum Gasteiger partial charge on any atom is 0.305 e. The smallest absolute Gasteiger partial charge is 0.305 e. The van der Waals surface area contributed by atoms with Gasteiger partial charge in [-0.1, -0.05) is 0 Å². The lowest BCUT2D eigenvalue weighted by Gasteiger charge is -2.41. The maximum absolute atomic E-state index is 10.9. The molecule has 15 heavy (non-hydrogen) atoms. The van der Waals surface area contributed by atoms with Crippen molar-refractivity contribution in [3.8, 4) is 0 Å². The second kappa shape index (κ2) is 4.47. The Morgan fingerprint density at radius 3 is 2.53 bits per heavy atom. The van der Waals surface area contributed by atoms with Crippen molar-refractivity contribution in [3.63, 3.8) is 0 Å². The fourth-order valence-corrected chi connectivity index (χ4v) is 2.42. The van der Waals surface area contributed by atoms with Crippen molar-refractivity contribution in [2.75, 3.05) is 39.5 Å². The molecule has 5 heteroatoms. The number of hydrogen-bond donors (Lipinski definition) is 1. The van der Waals surface area contributed by atoms with E-state index in [1.165, 1.54) is 0 Å². The van der Waals surface area contributed by atoms with E-state index in [2.05, 4.69) is 4.90 Å². The average molecular weight is 215 g/mol. The van der Waals surface area contributed by atoms with Crippen LogP contribution in [0, 0.1) is 0 Å². The molecule has 0 aromatic carbocycles. The number of rotatable bonds is 3. The first-order valence-corrected chi connectivity index (χ1v) is 5.35. The zero-order valence-electron chi connectivity index (χ0n) is 8.78. The number of aliphatic carboxylic acids is 1. The summed E-state index contributed by atoms with van der Waals surface area (Å²) in [6, 6.07) is 0. The number of carboxylic acid groups (broad SMARTS) is 1. The van der Waals surface area contributed by atoms with Crippen molar-refractivity contribution in [2.24, 2.45) is 0 Å². The molecule has 2 heterocycles. The Morgan fingerprint density at radius 2 is 2.00 bits per heavy atom. The lowest BCUT2D eigenvalue weighted by molar-refractivity contribution is -0.141. The van der Waals surface area contributed by atoms with Gasteiger partial charge in [-0.25, -0.2) is 0 Å². The van der Waals surface area contributed by atoms with Gasteiger partial charge in [-0.2, -0.15) is 0 Å². The second-order valence-corrected chi connectivity index (χ2v) is 4.20. The lowest BCUT2D eigenvalue weighted by atomic mass is 9.91. The van der Waals surface area contributed by atoms with Crippen LogP contribution >= 0.6 is 0 Å². The van der Waals surface area contributed by atoms with E-state index in [0.717, 1.165) is 19.5 Å². The molecule has 1 N–H and O–H groups in total. The van der Waals surface area contributed by atoms with Crippen LogP contribution in [0.2, 0.25) is 0 Å². The van der Waals surface area contributed by atoms with E-state index in [1.807, 2.05) is 0 Å². The Kier molecular flexibility index (Phi) is 3.23. The monoisotopic (exact) mass is 215 g/mol.